The van der Waals surface area contributed by atoms with Gasteiger partial charge in [0.15, 0.2) is 0 Å². The second kappa shape index (κ2) is 5.35. The van der Waals surface area contributed by atoms with Gasteiger partial charge in [0.25, 0.3) is 5.56 Å². The lowest BCUT2D eigenvalue weighted by Crippen LogP contribution is -2.11. The van der Waals surface area contributed by atoms with Crippen molar-refractivity contribution in [2.75, 3.05) is 0 Å². The van der Waals surface area contributed by atoms with E-state index in [0.29, 0.717) is 28.0 Å². The summed E-state index contributed by atoms with van der Waals surface area (Å²) in [6, 6.07) is 14.2. The standard InChI is InChI=1S/C18H14N2O3/c21-17-14-6-1-2-7-15(14)19-16(20-17)12-4-3-5-13(10-12)23-18(22)11-8-9-11/h1-7,10-11H,8-9H2,(H,19,20,21). The molecule has 23 heavy (non-hydrogen) atoms. The van der Waals surface area contributed by atoms with Gasteiger partial charge in [0.05, 0.1) is 16.8 Å². The molecule has 0 bridgehead atoms. The van der Waals surface area contributed by atoms with Crippen LogP contribution in [-0.2, 0) is 4.79 Å². The average Bonchev–Trinajstić information content (AvgIpc) is 3.40. The van der Waals surface area contributed by atoms with Crippen molar-refractivity contribution in [1.29, 1.82) is 0 Å². The van der Waals surface area contributed by atoms with Crippen LogP contribution in [0, 0.1) is 5.92 Å². The van der Waals surface area contributed by atoms with Gasteiger partial charge in [0.1, 0.15) is 11.6 Å². The fraction of sp³-hybridized carbons (Fsp3) is 0.167. The molecule has 1 aromatic heterocycles. The van der Waals surface area contributed by atoms with E-state index in [9.17, 15) is 9.59 Å². The molecule has 1 saturated carbocycles. The lowest BCUT2D eigenvalue weighted by molar-refractivity contribution is -0.135. The number of fused-ring (bicyclic) bond motifs is 1. The fourth-order valence-corrected chi connectivity index (χ4v) is 2.45. The Morgan fingerprint density at radius 1 is 1.13 bits per heavy atom. The summed E-state index contributed by atoms with van der Waals surface area (Å²) < 4.78 is 5.36. The molecular formula is C18H14N2O3. The van der Waals surface area contributed by atoms with Gasteiger partial charge in [-0.05, 0) is 37.1 Å². The van der Waals surface area contributed by atoms with Gasteiger partial charge in [0.2, 0.25) is 0 Å². The highest BCUT2D eigenvalue weighted by Gasteiger charge is 2.31. The molecule has 2 aromatic carbocycles. The second-order valence-corrected chi connectivity index (χ2v) is 5.65. The lowest BCUT2D eigenvalue weighted by Gasteiger charge is -2.06. The first kappa shape index (κ1) is 13.7. The molecule has 1 aliphatic carbocycles. The highest BCUT2D eigenvalue weighted by Crippen LogP contribution is 2.31. The van der Waals surface area contributed by atoms with Crippen molar-refractivity contribution >= 4 is 16.9 Å². The number of hydrogen-bond acceptors (Lipinski definition) is 4. The van der Waals surface area contributed by atoms with Gasteiger partial charge in [0, 0.05) is 5.56 Å². The summed E-state index contributed by atoms with van der Waals surface area (Å²) in [6.07, 6.45) is 1.80. The van der Waals surface area contributed by atoms with E-state index in [4.69, 9.17) is 4.74 Å². The number of aromatic nitrogens is 2. The zero-order chi connectivity index (χ0) is 15.8. The normalized spacial score (nSPS) is 13.9. The van der Waals surface area contributed by atoms with E-state index >= 15 is 0 Å². The Labute approximate surface area is 131 Å². The molecule has 0 aliphatic heterocycles. The summed E-state index contributed by atoms with van der Waals surface area (Å²) in [5.74, 6) is 0.771. The number of rotatable bonds is 3. The van der Waals surface area contributed by atoms with Gasteiger partial charge in [-0.3, -0.25) is 9.59 Å². The molecule has 3 aromatic rings. The number of benzene rings is 2. The molecule has 4 rings (SSSR count). The quantitative estimate of drug-likeness (QED) is 0.596. The summed E-state index contributed by atoms with van der Waals surface area (Å²) >= 11 is 0. The van der Waals surface area contributed by atoms with Gasteiger partial charge in [-0.25, -0.2) is 4.98 Å². The molecule has 5 heteroatoms. The molecule has 0 amide bonds. The molecule has 1 fully saturated rings. The van der Waals surface area contributed by atoms with Crippen LogP contribution in [0.5, 0.6) is 5.75 Å². The van der Waals surface area contributed by atoms with E-state index in [1.165, 1.54) is 0 Å². The van der Waals surface area contributed by atoms with Crippen LogP contribution < -0.4 is 10.3 Å². The molecule has 0 saturated heterocycles. The van der Waals surface area contributed by atoms with E-state index < -0.39 is 0 Å². The first-order valence-electron chi connectivity index (χ1n) is 7.52. The maximum Gasteiger partial charge on any atom is 0.314 e. The third-order valence-corrected chi connectivity index (χ3v) is 3.85. The third-order valence-electron chi connectivity index (χ3n) is 3.85. The van der Waals surface area contributed by atoms with Crippen LogP contribution in [0.3, 0.4) is 0 Å². The fourth-order valence-electron chi connectivity index (χ4n) is 2.45. The minimum Gasteiger partial charge on any atom is -0.426 e. The smallest absolute Gasteiger partial charge is 0.314 e. The number of para-hydroxylation sites is 1. The molecule has 0 radical (unpaired) electrons. The van der Waals surface area contributed by atoms with Crippen LogP contribution in [0.1, 0.15) is 12.8 Å². The van der Waals surface area contributed by atoms with Gasteiger partial charge in [-0.15, -0.1) is 0 Å². The largest absolute Gasteiger partial charge is 0.426 e. The molecule has 0 spiro atoms. The van der Waals surface area contributed by atoms with E-state index in [-0.39, 0.29) is 17.4 Å². The number of hydrogen-bond donors (Lipinski definition) is 1. The minimum absolute atomic E-state index is 0.0391. The Morgan fingerprint density at radius 3 is 2.78 bits per heavy atom. The van der Waals surface area contributed by atoms with E-state index in [2.05, 4.69) is 9.97 Å². The summed E-state index contributed by atoms with van der Waals surface area (Å²) in [5, 5.41) is 0.549. The van der Waals surface area contributed by atoms with Crippen molar-refractivity contribution in [2.24, 2.45) is 5.92 Å². The molecule has 1 heterocycles. The molecule has 1 aliphatic rings. The predicted molar refractivity (Wildman–Crippen MR) is 86.2 cm³/mol. The number of esters is 1. The highest BCUT2D eigenvalue weighted by molar-refractivity contribution is 5.80. The first-order chi connectivity index (χ1) is 11.2. The Morgan fingerprint density at radius 2 is 1.96 bits per heavy atom. The number of nitrogens with one attached hydrogen (secondary N) is 1. The zero-order valence-electron chi connectivity index (χ0n) is 12.3. The maximum atomic E-state index is 12.2. The summed E-state index contributed by atoms with van der Waals surface area (Å²) in [7, 11) is 0. The van der Waals surface area contributed by atoms with E-state index in [1.54, 1.807) is 36.4 Å². The highest BCUT2D eigenvalue weighted by atomic mass is 16.5. The van der Waals surface area contributed by atoms with Crippen LogP contribution >= 0.6 is 0 Å². The molecule has 0 atom stereocenters. The first-order valence-corrected chi connectivity index (χ1v) is 7.52. The molecular weight excluding hydrogens is 292 g/mol. The predicted octanol–water partition coefficient (Wildman–Crippen LogP) is 2.91. The van der Waals surface area contributed by atoms with Crippen molar-refractivity contribution in [2.45, 2.75) is 12.8 Å². The SMILES string of the molecule is O=C(Oc1cccc(-c2nc3ccccc3c(=O)[nH]2)c1)C1CC1. The van der Waals surface area contributed by atoms with Crippen LogP contribution in [0.2, 0.25) is 0 Å². The molecule has 5 nitrogen and oxygen atoms in total. The van der Waals surface area contributed by atoms with Crippen molar-refractivity contribution in [3.63, 3.8) is 0 Å². The van der Waals surface area contributed by atoms with Gasteiger partial charge in [-0.2, -0.15) is 0 Å². The molecule has 114 valence electrons. The van der Waals surface area contributed by atoms with Crippen molar-refractivity contribution < 1.29 is 9.53 Å². The monoisotopic (exact) mass is 306 g/mol. The number of nitrogens with zero attached hydrogens (tertiary/aromatic N) is 1. The van der Waals surface area contributed by atoms with Crippen LogP contribution in [0.4, 0.5) is 0 Å². The molecule has 1 N–H and O–H groups in total. The summed E-state index contributed by atoms with van der Waals surface area (Å²) in [5.41, 5.74) is 1.14. The summed E-state index contributed by atoms with van der Waals surface area (Å²) in [4.78, 5) is 31.2. The average molecular weight is 306 g/mol. The van der Waals surface area contributed by atoms with Crippen LogP contribution in [0.25, 0.3) is 22.3 Å². The summed E-state index contributed by atoms with van der Waals surface area (Å²) in [6.45, 7) is 0. The number of carbonyl (C=O) groups is 1. The maximum absolute atomic E-state index is 12.2. The van der Waals surface area contributed by atoms with Crippen molar-refractivity contribution in [3.8, 4) is 17.1 Å². The number of H-pyrrole nitrogens is 1. The Balaban J connectivity index is 1.72. The lowest BCUT2D eigenvalue weighted by atomic mass is 10.2. The molecule has 0 unspecified atom stereocenters. The Kier molecular flexibility index (Phi) is 3.19. The van der Waals surface area contributed by atoms with Crippen molar-refractivity contribution in [1.82, 2.24) is 9.97 Å². The topological polar surface area (TPSA) is 72.0 Å². The van der Waals surface area contributed by atoms with Gasteiger partial charge >= 0.3 is 5.97 Å². The Hall–Kier alpha value is -2.95. The zero-order valence-corrected chi connectivity index (χ0v) is 12.3. The van der Waals surface area contributed by atoms with Crippen LogP contribution in [0.15, 0.2) is 53.3 Å². The number of carbonyl (C=O) groups excluding carboxylic acids is 1. The minimum atomic E-state index is -0.192. The van der Waals surface area contributed by atoms with E-state index in [1.807, 2.05) is 12.1 Å². The van der Waals surface area contributed by atoms with Crippen molar-refractivity contribution in [3.05, 3.63) is 58.9 Å². The van der Waals surface area contributed by atoms with E-state index in [0.717, 1.165) is 12.8 Å². The number of ether oxygens (including phenoxy) is 1. The second-order valence-electron chi connectivity index (χ2n) is 5.65. The number of aromatic amines is 1. The third kappa shape index (κ3) is 2.73. The van der Waals surface area contributed by atoms with Gasteiger partial charge in [-0.1, -0.05) is 24.3 Å². The van der Waals surface area contributed by atoms with Gasteiger partial charge < -0.3 is 9.72 Å². The van der Waals surface area contributed by atoms with Crippen LogP contribution in [-0.4, -0.2) is 15.9 Å². The Bertz CT molecular complexity index is 958.